The van der Waals surface area contributed by atoms with Gasteiger partial charge in [-0.15, -0.1) is 0 Å². The maximum Gasteiger partial charge on any atom is 0.0811 e. The lowest BCUT2D eigenvalue weighted by Crippen LogP contribution is -2.35. The third kappa shape index (κ3) is 5.32. The lowest BCUT2D eigenvalue weighted by Gasteiger charge is -2.44. The molecule has 0 aromatic rings. The first-order chi connectivity index (χ1) is 15.1. The van der Waals surface area contributed by atoms with Gasteiger partial charge in [0.2, 0.25) is 0 Å². The molecule has 3 aliphatic carbocycles. The van der Waals surface area contributed by atoms with E-state index in [1.165, 1.54) is 25.7 Å². The summed E-state index contributed by atoms with van der Waals surface area (Å²) in [5.41, 5.74) is 3.07. The molecule has 180 valence electrons. The summed E-state index contributed by atoms with van der Waals surface area (Å²) in [6, 6.07) is 0. The van der Waals surface area contributed by atoms with Crippen LogP contribution in [0.3, 0.4) is 0 Å². The van der Waals surface area contributed by atoms with E-state index in [0.29, 0.717) is 36.0 Å². The monoisotopic (exact) mass is 442 g/mol. The van der Waals surface area contributed by atoms with Crippen molar-refractivity contribution in [3.05, 3.63) is 47.6 Å². The number of rotatable bonds is 7. The Morgan fingerprint density at radius 1 is 1.19 bits per heavy atom. The van der Waals surface area contributed by atoms with Crippen LogP contribution in [-0.2, 0) is 0 Å². The first-order valence-corrected chi connectivity index (χ1v) is 13.0. The molecule has 3 nitrogen and oxygen atoms in total. The van der Waals surface area contributed by atoms with Crippen LogP contribution in [0.15, 0.2) is 47.6 Å². The van der Waals surface area contributed by atoms with E-state index < -0.39 is 17.8 Å². The Kier molecular flexibility index (Phi) is 8.28. The van der Waals surface area contributed by atoms with Crippen LogP contribution in [0.4, 0.5) is 0 Å². The van der Waals surface area contributed by atoms with Gasteiger partial charge in [0.25, 0.3) is 0 Å². The zero-order valence-corrected chi connectivity index (χ0v) is 20.8. The number of aliphatic hydroxyl groups is 3. The minimum absolute atomic E-state index is 0.320. The van der Waals surface area contributed by atoms with Gasteiger partial charge in [-0.2, -0.15) is 0 Å². The average Bonchev–Trinajstić information content (AvgIpc) is 3.12. The first kappa shape index (κ1) is 25.5. The molecule has 3 heteroatoms. The summed E-state index contributed by atoms with van der Waals surface area (Å²) < 4.78 is 0. The SMILES string of the molecule is C=C1/C(=C/C=C2\CCC[C@]3(C)[C@@H]([C@H](C)/C=C/CC(O)(CC)CC)CC[C@@H]23)C[C@@H](O)C[C@@H]1O. The molecular formula is C29H46O3. The lowest BCUT2D eigenvalue weighted by atomic mass is 9.61. The number of aliphatic hydroxyl groups excluding tert-OH is 2. The van der Waals surface area contributed by atoms with Crippen LogP contribution in [0.1, 0.15) is 91.9 Å². The Labute approximate surface area is 196 Å². The largest absolute Gasteiger partial charge is 0.393 e. The van der Waals surface area contributed by atoms with Crippen LogP contribution in [-0.4, -0.2) is 33.1 Å². The summed E-state index contributed by atoms with van der Waals surface area (Å²) in [7, 11) is 0. The highest BCUT2D eigenvalue weighted by molar-refractivity contribution is 5.38. The van der Waals surface area contributed by atoms with Gasteiger partial charge in [0.1, 0.15) is 0 Å². The molecule has 0 aromatic carbocycles. The Morgan fingerprint density at radius 3 is 2.59 bits per heavy atom. The summed E-state index contributed by atoms with van der Waals surface area (Å²) in [6.07, 6.45) is 17.4. The second-order valence-corrected chi connectivity index (χ2v) is 11.1. The standard InChI is InChI=1S/C29H46O3/c1-6-29(32,7-2)17-8-10-20(3)25-14-15-26-22(11-9-16-28(25,26)5)12-13-23-18-24(30)19-27(31)21(23)4/h8,10,12-13,20,24-27,30-32H,4,6-7,9,11,14-19H2,1-3,5H3/b10-8+,22-12+,23-13+/t20-,24-,25-,26+,27+,28-/m1/s1. The third-order valence-corrected chi connectivity index (χ3v) is 9.19. The molecule has 0 saturated heterocycles. The van der Waals surface area contributed by atoms with Gasteiger partial charge in [-0.1, -0.05) is 64.2 Å². The van der Waals surface area contributed by atoms with E-state index >= 15 is 0 Å². The normalized spacial score (nSPS) is 37.4. The van der Waals surface area contributed by atoms with Crippen molar-refractivity contribution >= 4 is 0 Å². The van der Waals surface area contributed by atoms with Crippen molar-refractivity contribution in [1.82, 2.24) is 0 Å². The van der Waals surface area contributed by atoms with Gasteiger partial charge in [0.05, 0.1) is 17.8 Å². The fraction of sp³-hybridized carbons (Fsp3) is 0.724. The van der Waals surface area contributed by atoms with E-state index in [1.807, 2.05) is 0 Å². The number of hydrogen-bond donors (Lipinski definition) is 3. The molecule has 0 spiro atoms. The molecule has 3 aliphatic rings. The molecule has 0 aliphatic heterocycles. The molecular weight excluding hydrogens is 396 g/mol. The van der Waals surface area contributed by atoms with Crippen molar-refractivity contribution in [1.29, 1.82) is 0 Å². The minimum Gasteiger partial charge on any atom is -0.393 e. The van der Waals surface area contributed by atoms with Gasteiger partial charge in [-0.25, -0.2) is 0 Å². The van der Waals surface area contributed by atoms with Crippen LogP contribution in [0.5, 0.6) is 0 Å². The lowest BCUT2D eigenvalue weighted by molar-refractivity contribution is 0.0351. The highest BCUT2D eigenvalue weighted by Gasteiger charge is 2.50. The van der Waals surface area contributed by atoms with Gasteiger partial charge in [-0.3, -0.25) is 0 Å². The van der Waals surface area contributed by atoms with Crippen LogP contribution in [0, 0.1) is 23.2 Å². The fourth-order valence-electron chi connectivity index (χ4n) is 6.78. The summed E-state index contributed by atoms with van der Waals surface area (Å²) >= 11 is 0. The zero-order valence-electron chi connectivity index (χ0n) is 20.8. The van der Waals surface area contributed by atoms with E-state index in [9.17, 15) is 15.3 Å². The van der Waals surface area contributed by atoms with Gasteiger partial charge in [0.15, 0.2) is 0 Å². The van der Waals surface area contributed by atoms with E-state index in [1.54, 1.807) is 5.57 Å². The van der Waals surface area contributed by atoms with Gasteiger partial charge in [-0.05, 0) is 92.1 Å². The first-order valence-electron chi connectivity index (χ1n) is 13.0. The van der Waals surface area contributed by atoms with Gasteiger partial charge in [0, 0.05) is 6.42 Å². The predicted octanol–water partition coefficient (Wildman–Crippen LogP) is 6.26. The fourth-order valence-corrected chi connectivity index (χ4v) is 6.78. The minimum atomic E-state index is -0.624. The van der Waals surface area contributed by atoms with Crippen LogP contribution >= 0.6 is 0 Å². The van der Waals surface area contributed by atoms with Crippen molar-refractivity contribution in [2.24, 2.45) is 23.2 Å². The van der Waals surface area contributed by atoms with Gasteiger partial charge >= 0.3 is 0 Å². The van der Waals surface area contributed by atoms with Crippen molar-refractivity contribution < 1.29 is 15.3 Å². The van der Waals surface area contributed by atoms with Crippen molar-refractivity contribution in [3.63, 3.8) is 0 Å². The van der Waals surface area contributed by atoms with Crippen LogP contribution < -0.4 is 0 Å². The van der Waals surface area contributed by atoms with E-state index in [0.717, 1.165) is 36.8 Å². The topological polar surface area (TPSA) is 60.7 Å². The van der Waals surface area contributed by atoms with Crippen molar-refractivity contribution in [3.8, 4) is 0 Å². The molecule has 0 amide bonds. The van der Waals surface area contributed by atoms with Crippen LogP contribution in [0.2, 0.25) is 0 Å². The summed E-state index contributed by atoms with van der Waals surface area (Å²) in [5, 5.41) is 30.8. The maximum atomic E-state index is 10.6. The molecule has 0 aromatic heterocycles. The highest BCUT2D eigenvalue weighted by atomic mass is 16.3. The molecule has 32 heavy (non-hydrogen) atoms. The Morgan fingerprint density at radius 2 is 1.91 bits per heavy atom. The second-order valence-electron chi connectivity index (χ2n) is 11.1. The molecule has 0 heterocycles. The summed E-state index contributed by atoms with van der Waals surface area (Å²) in [6.45, 7) is 13.1. The quantitative estimate of drug-likeness (QED) is 0.408. The van der Waals surface area contributed by atoms with Gasteiger partial charge < -0.3 is 15.3 Å². The highest BCUT2D eigenvalue weighted by Crippen LogP contribution is 2.59. The number of fused-ring (bicyclic) bond motifs is 1. The van der Waals surface area contributed by atoms with Crippen LogP contribution in [0.25, 0.3) is 0 Å². The van der Waals surface area contributed by atoms with E-state index in [2.05, 4.69) is 58.6 Å². The zero-order chi connectivity index (χ0) is 23.5. The third-order valence-electron chi connectivity index (χ3n) is 9.19. The molecule has 0 radical (unpaired) electrons. The smallest absolute Gasteiger partial charge is 0.0811 e. The van der Waals surface area contributed by atoms with Crippen molar-refractivity contribution in [2.75, 3.05) is 0 Å². The number of hydrogen-bond acceptors (Lipinski definition) is 3. The van der Waals surface area contributed by atoms with E-state index in [4.69, 9.17) is 0 Å². The molecule has 0 unspecified atom stereocenters. The van der Waals surface area contributed by atoms with E-state index in [-0.39, 0.29) is 0 Å². The molecule has 3 fully saturated rings. The Hall–Kier alpha value is -1.16. The molecule has 3 rings (SSSR count). The Bertz CT molecular complexity index is 756. The average molecular weight is 443 g/mol. The maximum absolute atomic E-state index is 10.6. The Balaban J connectivity index is 1.72. The predicted molar refractivity (Wildman–Crippen MR) is 133 cm³/mol. The molecule has 6 atom stereocenters. The summed E-state index contributed by atoms with van der Waals surface area (Å²) in [4.78, 5) is 0. The second kappa shape index (κ2) is 10.4. The number of allylic oxidation sites excluding steroid dienone is 4. The molecule has 3 N–H and O–H groups in total. The molecule has 0 bridgehead atoms. The summed E-state index contributed by atoms with van der Waals surface area (Å²) in [5.74, 6) is 1.80. The van der Waals surface area contributed by atoms with Crippen molar-refractivity contribution in [2.45, 2.75) is 110 Å². The molecule has 3 saturated carbocycles.